The molecule has 1 saturated heterocycles. The topological polar surface area (TPSA) is 68.5 Å². The van der Waals surface area contributed by atoms with E-state index in [9.17, 15) is 0 Å². The fourth-order valence-electron chi connectivity index (χ4n) is 3.52. The van der Waals surface area contributed by atoms with Crippen molar-refractivity contribution in [1.29, 1.82) is 0 Å². The van der Waals surface area contributed by atoms with Crippen LogP contribution in [0.25, 0.3) is 0 Å². The molecule has 0 spiro atoms. The number of benzene rings is 1. The van der Waals surface area contributed by atoms with Crippen LogP contribution in [-0.2, 0) is 11.3 Å². The molecule has 1 aliphatic rings. The molecule has 3 rings (SSSR count). The Kier molecular flexibility index (Phi) is 9.11. The number of methoxy groups -OCH3 is 1. The van der Waals surface area contributed by atoms with Gasteiger partial charge in [-0.25, -0.2) is 4.68 Å². The molecule has 1 aliphatic heterocycles. The Morgan fingerprint density at radius 2 is 1.79 bits per heavy atom. The molecule has 156 valence electrons. The molecule has 1 unspecified atom stereocenters. The zero-order valence-electron chi connectivity index (χ0n) is 17.0. The molecule has 8 nitrogen and oxygen atoms in total. The second-order valence-electron chi connectivity index (χ2n) is 6.63. The summed E-state index contributed by atoms with van der Waals surface area (Å²) in [5, 5.41) is 12.5. The number of rotatable bonds is 9. The smallest absolute Gasteiger partial charge is 0.173 e. The molecular weight excluding hydrogens is 380 g/mol. The van der Waals surface area contributed by atoms with Crippen molar-refractivity contribution in [1.82, 2.24) is 30.0 Å². The van der Waals surface area contributed by atoms with Gasteiger partial charge in [-0.1, -0.05) is 19.1 Å². The summed E-state index contributed by atoms with van der Waals surface area (Å²) in [6, 6.07) is 8.31. The van der Waals surface area contributed by atoms with Gasteiger partial charge in [-0.2, -0.15) is 0 Å². The number of nitrogens with zero attached hydrogens (tertiary/aromatic N) is 6. The van der Waals surface area contributed by atoms with Gasteiger partial charge in [-0.15, -0.1) is 17.5 Å². The number of tetrazole rings is 1. The highest BCUT2D eigenvalue weighted by Gasteiger charge is 2.30. The van der Waals surface area contributed by atoms with Gasteiger partial charge in [0.25, 0.3) is 0 Å². The minimum atomic E-state index is 0. The second-order valence-corrected chi connectivity index (χ2v) is 6.63. The second kappa shape index (κ2) is 11.3. The molecular formula is C19H31ClN6O2. The number of halogens is 1. The number of hydrogen-bond acceptors (Lipinski definition) is 7. The normalized spacial score (nSPS) is 16.5. The van der Waals surface area contributed by atoms with E-state index in [2.05, 4.69) is 44.4 Å². The maximum absolute atomic E-state index is 5.60. The number of aromatic nitrogens is 4. The molecule has 0 radical (unpaired) electrons. The molecule has 2 heterocycles. The van der Waals surface area contributed by atoms with Gasteiger partial charge in [0.05, 0.1) is 25.8 Å². The Morgan fingerprint density at radius 3 is 2.39 bits per heavy atom. The predicted octanol–water partition coefficient (Wildman–Crippen LogP) is 1.87. The van der Waals surface area contributed by atoms with Crippen LogP contribution in [0.5, 0.6) is 5.75 Å². The Bertz CT molecular complexity index is 688. The SMILES string of the molecule is CCOc1ccc(C(c2nnnn2CCOC)N2CCN(CC)CC2)cc1.Cl. The molecule has 2 aromatic rings. The van der Waals surface area contributed by atoms with Crippen molar-refractivity contribution in [3.8, 4) is 5.75 Å². The summed E-state index contributed by atoms with van der Waals surface area (Å²) >= 11 is 0. The summed E-state index contributed by atoms with van der Waals surface area (Å²) in [6.45, 7) is 11.3. The molecule has 0 amide bonds. The molecule has 0 N–H and O–H groups in total. The van der Waals surface area contributed by atoms with Gasteiger partial charge in [0, 0.05) is 33.3 Å². The third-order valence-corrected chi connectivity index (χ3v) is 5.04. The van der Waals surface area contributed by atoms with Crippen LogP contribution in [0.4, 0.5) is 0 Å². The zero-order valence-corrected chi connectivity index (χ0v) is 17.8. The summed E-state index contributed by atoms with van der Waals surface area (Å²) in [7, 11) is 1.69. The van der Waals surface area contributed by atoms with E-state index < -0.39 is 0 Å². The first-order valence-corrected chi connectivity index (χ1v) is 9.71. The van der Waals surface area contributed by atoms with Gasteiger partial charge in [0.1, 0.15) is 5.75 Å². The van der Waals surface area contributed by atoms with Gasteiger partial charge in [-0.05, 0) is 41.6 Å². The summed E-state index contributed by atoms with van der Waals surface area (Å²) in [5.41, 5.74) is 1.18. The lowest BCUT2D eigenvalue weighted by Crippen LogP contribution is -2.48. The van der Waals surface area contributed by atoms with Crippen molar-refractivity contribution in [2.24, 2.45) is 0 Å². The Morgan fingerprint density at radius 1 is 1.07 bits per heavy atom. The zero-order chi connectivity index (χ0) is 19.1. The summed E-state index contributed by atoms with van der Waals surface area (Å²) in [5.74, 6) is 1.75. The van der Waals surface area contributed by atoms with E-state index in [0.29, 0.717) is 19.8 Å². The van der Waals surface area contributed by atoms with E-state index in [1.807, 2.05) is 23.7 Å². The average molecular weight is 411 g/mol. The maximum atomic E-state index is 5.60. The summed E-state index contributed by atoms with van der Waals surface area (Å²) in [4.78, 5) is 4.94. The molecule has 0 bridgehead atoms. The largest absolute Gasteiger partial charge is 0.494 e. The lowest BCUT2D eigenvalue weighted by molar-refractivity contribution is 0.107. The molecule has 0 saturated carbocycles. The van der Waals surface area contributed by atoms with E-state index in [1.165, 1.54) is 5.56 Å². The van der Waals surface area contributed by atoms with Crippen molar-refractivity contribution in [3.63, 3.8) is 0 Å². The standard InChI is InChI=1S/C19H30N6O2.ClH/c1-4-23-10-12-24(13-11-23)18(16-6-8-17(9-7-16)27-5-2)19-20-21-22-25(19)14-15-26-3;/h6-9,18H,4-5,10-15H2,1-3H3;1H. The summed E-state index contributed by atoms with van der Waals surface area (Å²) < 4.78 is 12.7. The van der Waals surface area contributed by atoms with Gasteiger partial charge < -0.3 is 14.4 Å². The average Bonchev–Trinajstić information content (AvgIpc) is 3.17. The molecule has 1 atom stereocenters. The van der Waals surface area contributed by atoms with Crippen LogP contribution in [-0.4, -0.2) is 83.1 Å². The predicted molar refractivity (Wildman–Crippen MR) is 110 cm³/mol. The number of ether oxygens (including phenoxy) is 2. The number of piperazine rings is 1. The molecule has 1 aromatic carbocycles. The third-order valence-electron chi connectivity index (χ3n) is 5.04. The Balaban J connectivity index is 0.00000280. The van der Waals surface area contributed by atoms with Gasteiger partial charge in [-0.3, -0.25) is 4.90 Å². The van der Waals surface area contributed by atoms with E-state index in [-0.39, 0.29) is 18.4 Å². The van der Waals surface area contributed by atoms with Crippen molar-refractivity contribution in [3.05, 3.63) is 35.7 Å². The maximum Gasteiger partial charge on any atom is 0.173 e. The van der Waals surface area contributed by atoms with Crippen LogP contribution in [0.3, 0.4) is 0 Å². The van der Waals surface area contributed by atoms with Crippen molar-refractivity contribution < 1.29 is 9.47 Å². The first kappa shape index (κ1) is 22.5. The quantitative estimate of drug-likeness (QED) is 0.625. The van der Waals surface area contributed by atoms with Crippen molar-refractivity contribution in [2.45, 2.75) is 26.4 Å². The lowest BCUT2D eigenvalue weighted by atomic mass is 10.0. The van der Waals surface area contributed by atoms with Crippen LogP contribution < -0.4 is 4.74 Å². The van der Waals surface area contributed by atoms with Crippen LogP contribution in [0.1, 0.15) is 31.3 Å². The van der Waals surface area contributed by atoms with Crippen molar-refractivity contribution in [2.75, 3.05) is 53.0 Å². The van der Waals surface area contributed by atoms with Gasteiger partial charge in [0.2, 0.25) is 0 Å². The van der Waals surface area contributed by atoms with Crippen LogP contribution >= 0.6 is 12.4 Å². The summed E-state index contributed by atoms with van der Waals surface area (Å²) in [6.07, 6.45) is 0. The first-order chi connectivity index (χ1) is 13.3. The number of hydrogen-bond donors (Lipinski definition) is 0. The van der Waals surface area contributed by atoms with E-state index in [4.69, 9.17) is 9.47 Å². The van der Waals surface area contributed by atoms with Crippen LogP contribution in [0.2, 0.25) is 0 Å². The highest BCUT2D eigenvalue weighted by atomic mass is 35.5. The fourth-order valence-corrected chi connectivity index (χ4v) is 3.52. The van der Waals surface area contributed by atoms with Gasteiger partial charge in [0.15, 0.2) is 5.82 Å². The minimum absolute atomic E-state index is 0. The minimum Gasteiger partial charge on any atom is -0.494 e. The van der Waals surface area contributed by atoms with E-state index in [0.717, 1.165) is 44.3 Å². The van der Waals surface area contributed by atoms with Crippen LogP contribution in [0, 0.1) is 0 Å². The molecule has 1 fully saturated rings. The highest BCUT2D eigenvalue weighted by molar-refractivity contribution is 5.85. The Hall–Kier alpha value is -1.74. The van der Waals surface area contributed by atoms with E-state index in [1.54, 1.807) is 7.11 Å². The van der Waals surface area contributed by atoms with E-state index >= 15 is 0 Å². The van der Waals surface area contributed by atoms with Crippen LogP contribution in [0.15, 0.2) is 24.3 Å². The molecule has 1 aromatic heterocycles. The monoisotopic (exact) mass is 410 g/mol. The fraction of sp³-hybridized carbons (Fsp3) is 0.632. The van der Waals surface area contributed by atoms with Gasteiger partial charge >= 0.3 is 0 Å². The Labute approximate surface area is 173 Å². The molecule has 28 heavy (non-hydrogen) atoms. The highest BCUT2D eigenvalue weighted by Crippen LogP contribution is 2.29. The number of likely N-dealkylation sites (N-methyl/N-ethyl adjacent to an activating group) is 1. The third kappa shape index (κ3) is 5.41. The first-order valence-electron chi connectivity index (χ1n) is 9.71. The lowest BCUT2D eigenvalue weighted by Gasteiger charge is -2.38. The molecule has 0 aliphatic carbocycles. The van der Waals surface area contributed by atoms with Crippen molar-refractivity contribution >= 4 is 12.4 Å². The molecule has 9 heteroatoms.